The van der Waals surface area contributed by atoms with Crippen LogP contribution < -0.4 is 10.6 Å². The molecule has 0 saturated heterocycles. The molecular formula is C24H26N2O6. The molecule has 32 heavy (non-hydrogen) atoms. The van der Waals surface area contributed by atoms with Crippen LogP contribution in [0.4, 0.5) is 0 Å². The van der Waals surface area contributed by atoms with Crippen LogP contribution >= 0.6 is 0 Å². The van der Waals surface area contributed by atoms with Crippen molar-refractivity contribution in [3.8, 4) is 11.1 Å². The van der Waals surface area contributed by atoms with Crippen molar-refractivity contribution in [3.63, 3.8) is 0 Å². The first-order valence-corrected chi connectivity index (χ1v) is 10.5. The van der Waals surface area contributed by atoms with E-state index in [0.29, 0.717) is 27.8 Å². The number of ketones is 1. The van der Waals surface area contributed by atoms with E-state index in [1.165, 1.54) is 0 Å². The standard InChI is InChI=1S/C24H26N2O6/c1-13(2)12-19(24(31)32)26-18(23(29)30)10-11-25-22(28)17-9-5-8-16-20(17)14-6-3-4-7-15(14)21(16)27/h3-9,13,18-19,26H,10-12H2,1-2H3,(H,25,28)(H,29,30)(H,31,32)/t18?,19-/m0/s1. The van der Waals surface area contributed by atoms with Crippen LogP contribution in [0.25, 0.3) is 11.1 Å². The summed E-state index contributed by atoms with van der Waals surface area (Å²) in [6, 6.07) is 9.91. The molecule has 1 aliphatic carbocycles. The fourth-order valence-electron chi connectivity index (χ4n) is 3.92. The molecule has 2 aromatic rings. The molecule has 1 unspecified atom stereocenters. The van der Waals surface area contributed by atoms with Crippen molar-refractivity contribution in [3.05, 3.63) is 59.2 Å². The average molecular weight is 438 g/mol. The molecule has 4 N–H and O–H groups in total. The van der Waals surface area contributed by atoms with Gasteiger partial charge in [-0.1, -0.05) is 50.2 Å². The summed E-state index contributed by atoms with van der Waals surface area (Å²) in [5.41, 5.74) is 2.61. The van der Waals surface area contributed by atoms with E-state index in [0.717, 1.165) is 0 Å². The van der Waals surface area contributed by atoms with Gasteiger partial charge in [0.25, 0.3) is 5.91 Å². The number of carboxylic acid groups (broad SMARTS) is 2. The van der Waals surface area contributed by atoms with Gasteiger partial charge in [0.2, 0.25) is 0 Å². The molecule has 0 aromatic heterocycles. The van der Waals surface area contributed by atoms with Crippen molar-refractivity contribution >= 4 is 23.6 Å². The molecule has 0 fully saturated rings. The number of nitrogens with one attached hydrogen (secondary N) is 2. The summed E-state index contributed by atoms with van der Waals surface area (Å²) < 4.78 is 0. The third-order valence-electron chi connectivity index (χ3n) is 5.42. The Morgan fingerprint density at radius 3 is 2.12 bits per heavy atom. The second-order valence-electron chi connectivity index (χ2n) is 8.23. The lowest BCUT2D eigenvalue weighted by Gasteiger charge is -2.22. The first-order chi connectivity index (χ1) is 15.2. The van der Waals surface area contributed by atoms with Crippen molar-refractivity contribution in [2.45, 2.75) is 38.8 Å². The second-order valence-corrected chi connectivity index (χ2v) is 8.23. The highest BCUT2D eigenvalue weighted by atomic mass is 16.4. The molecule has 3 rings (SSSR count). The van der Waals surface area contributed by atoms with Crippen molar-refractivity contribution in [2.75, 3.05) is 6.54 Å². The molecule has 8 nitrogen and oxygen atoms in total. The van der Waals surface area contributed by atoms with Gasteiger partial charge in [-0.25, -0.2) is 0 Å². The highest BCUT2D eigenvalue weighted by Gasteiger charge is 2.30. The van der Waals surface area contributed by atoms with Gasteiger partial charge >= 0.3 is 11.9 Å². The normalized spacial score (nSPS) is 13.9. The summed E-state index contributed by atoms with van der Waals surface area (Å²) in [6.07, 6.45) is 0.294. The number of amides is 1. The second kappa shape index (κ2) is 9.74. The average Bonchev–Trinajstić information content (AvgIpc) is 3.04. The quantitative estimate of drug-likeness (QED) is 0.382. The maximum atomic E-state index is 12.9. The molecule has 1 amide bonds. The number of fused-ring (bicyclic) bond motifs is 3. The fraction of sp³-hybridized carbons (Fsp3) is 0.333. The minimum absolute atomic E-state index is 0.00743. The summed E-state index contributed by atoms with van der Waals surface area (Å²) in [6.45, 7) is 3.74. The Morgan fingerprint density at radius 1 is 0.875 bits per heavy atom. The molecule has 8 heteroatoms. The van der Waals surface area contributed by atoms with Crippen LogP contribution in [-0.2, 0) is 9.59 Å². The van der Waals surface area contributed by atoms with Crippen LogP contribution in [0.2, 0.25) is 0 Å². The number of benzene rings is 2. The van der Waals surface area contributed by atoms with Gasteiger partial charge in [-0.15, -0.1) is 0 Å². The lowest BCUT2D eigenvalue weighted by molar-refractivity contribution is -0.143. The summed E-state index contributed by atoms with van der Waals surface area (Å²) in [5, 5.41) is 24.2. The minimum Gasteiger partial charge on any atom is -0.480 e. The first kappa shape index (κ1) is 23.1. The first-order valence-electron chi connectivity index (χ1n) is 10.5. The Balaban J connectivity index is 1.70. The van der Waals surface area contributed by atoms with Gasteiger partial charge in [0, 0.05) is 28.8 Å². The SMILES string of the molecule is CC(C)C[C@H](NC(CCNC(=O)c1cccc2c1-c1ccccc1C2=O)C(=O)O)C(=O)O. The molecule has 2 atom stereocenters. The number of hydrogen-bond acceptors (Lipinski definition) is 5. The number of rotatable bonds is 10. The smallest absolute Gasteiger partial charge is 0.320 e. The van der Waals surface area contributed by atoms with Crippen LogP contribution in [0.15, 0.2) is 42.5 Å². The molecule has 168 valence electrons. The highest BCUT2D eigenvalue weighted by molar-refractivity contribution is 6.24. The topological polar surface area (TPSA) is 133 Å². The number of carbonyl (C=O) groups excluding carboxylic acids is 2. The monoisotopic (exact) mass is 438 g/mol. The Bertz CT molecular complexity index is 1060. The summed E-state index contributed by atoms with van der Waals surface area (Å²) in [5.74, 6) is -2.78. The predicted molar refractivity (Wildman–Crippen MR) is 118 cm³/mol. The molecule has 0 saturated carbocycles. The maximum Gasteiger partial charge on any atom is 0.320 e. The van der Waals surface area contributed by atoms with E-state index in [2.05, 4.69) is 10.6 Å². The van der Waals surface area contributed by atoms with E-state index in [4.69, 9.17) is 0 Å². The molecule has 2 aromatic carbocycles. The van der Waals surface area contributed by atoms with Gasteiger partial charge in [0.1, 0.15) is 12.1 Å². The molecular weight excluding hydrogens is 412 g/mol. The molecule has 0 bridgehead atoms. The molecule has 0 aliphatic heterocycles. The van der Waals surface area contributed by atoms with Gasteiger partial charge in [0.15, 0.2) is 5.78 Å². The highest BCUT2D eigenvalue weighted by Crippen LogP contribution is 2.38. The third-order valence-corrected chi connectivity index (χ3v) is 5.42. The Hall–Kier alpha value is -3.52. The van der Waals surface area contributed by atoms with E-state index >= 15 is 0 Å². The van der Waals surface area contributed by atoms with Crippen LogP contribution in [0.1, 0.15) is 53.0 Å². The summed E-state index contributed by atoms with van der Waals surface area (Å²) in [4.78, 5) is 48.5. The lowest BCUT2D eigenvalue weighted by Crippen LogP contribution is -2.49. The number of carboxylic acids is 2. The molecule has 1 aliphatic rings. The summed E-state index contributed by atoms with van der Waals surface area (Å²) in [7, 11) is 0. The lowest BCUT2D eigenvalue weighted by atomic mass is 9.99. The van der Waals surface area contributed by atoms with Crippen LogP contribution in [0.3, 0.4) is 0 Å². The van der Waals surface area contributed by atoms with Crippen molar-refractivity contribution in [2.24, 2.45) is 5.92 Å². The Kier molecular flexibility index (Phi) is 7.05. The van der Waals surface area contributed by atoms with Gasteiger partial charge in [-0.05, 0) is 30.4 Å². The number of hydrogen-bond donors (Lipinski definition) is 4. The van der Waals surface area contributed by atoms with Gasteiger partial charge in [-0.3, -0.25) is 24.5 Å². The van der Waals surface area contributed by atoms with Gasteiger partial charge in [0.05, 0.1) is 0 Å². The largest absolute Gasteiger partial charge is 0.480 e. The van der Waals surface area contributed by atoms with Crippen LogP contribution in [-0.4, -0.2) is 52.5 Å². The van der Waals surface area contributed by atoms with E-state index in [1.807, 2.05) is 13.8 Å². The third kappa shape index (κ3) is 4.86. The van der Waals surface area contributed by atoms with Crippen molar-refractivity contribution < 1.29 is 29.4 Å². The van der Waals surface area contributed by atoms with Gasteiger partial charge < -0.3 is 15.5 Å². The van der Waals surface area contributed by atoms with Crippen LogP contribution in [0.5, 0.6) is 0 Å². The molecule has 0 spiro atoms. The van der Waals surface area contributed by atoms with Crippen molar-refractivity contribution in [1.82, 2.24) is 10.6 Å². The zero-order chi connectivity index (χ0) is 23.4. The minimum atomic E-state index is -1.19. The van der Waals surface area contributed by atoms with E-state index in [9.17, 15) is 29.4 Å². The zero-order valence-corrected chi connectivity index (χ0v) is 17.9. The Labute approximate surface area is 185 Å². The Morgan fingerprint density at radius 2 is 1.50 bits per heavy atom. The van der Waals surface area contributed by atoms with Gasteiger partial charge in [-0.2, -0.15) is 0 Å². The van der Waals surface area contributed by atoms with E-state index < -0.39 is 29.9 Å². The van der Waals surface area contributed by atoms with E-state index in [1.54, 1.807) is 42.5 Å². The molecule has 0 heterocycles. The predicted octanol–water partition coefficient (Wildman–Crippen LogP) is 2.56. The number of carbonyl (C=O) groups is 4. The number of aliphatic carboxylic acids is 2. The zero-order valence-electron chi connectivity index (χ0n) is 17.9. The van der Waals surface area contributed by atoms with Crippen LogP contribution in [0, 0.1) is 5.92 Å². The van der Waals surface area contributed by atoms with Crippen molar-refractivity contribution in [1.29, 1.82) is 0 Å². The maximum absolute atomic E-state index is 12.9. The fourth-order valence-corrected chi connectivity index (χ4v) is 3.92. The summed E-state index contributed by atoms with van der Waals surface area (Å²) >= 11 is 0. The van der Waals surface area contributed by atoms with E-state index in [-0.39, 0.29) is 31.1 Å². The molecule has 0 radical (unpaired) electrons.